The molecule has 0 saturated heterocycles. The molecule has 0 aromatic heterocycles. The second-order valence-electron chi connectivity index (χ2n) is 3.84. The summed E-state index contributed by atoms with van der Waals surface area (Å²) in [7, 11) is 0. The van der Waals surface area contributed by atoms with Gasteiger partial charge in [-0.15, -0.1) is 0 Å². The Bertz CT molecular complexity index is 437. The number of aryl methyl sites for hydroxylation is 1. The molecule has 17 heavy (non-hydrogen) atoms. The molecule has 3 N–H and O–H groups in total. The van der Waals surface area contributed by atoms with Gasteiger partial charge in [-0.25, -0.2) is 10.7 Å². The third-order valence-electron chi connectivity index (χ3n) is 2.73. The summed E-state index contributed by atoms with van der Waals surface area (Å²) in [5.41, 5.74) is 1.05. The van der Waals surface area contributed by atoms with Crippen molar-refractivity contribution in [3.63, 3.8) is 0 Å². The molecule has 0 fully saturated rings. The van der Waals surface area contributed by atoms with Gasteiger partial charge in [0.1, 0.15) is 11.9 Å². The lowest BCUT2D eigenvalue weighted by Gasteiger charge is -2.29. The molecule has 0 bridgehead atoms. The Kier molecular flexibility index (Phi) is 3.66. The molecule has 0 aliphatic carbocycles. The van der Waals surface area contributed by atoms with E-state index in [0.717, 1.165) is 16.5 Å². The van der Waals surface area contributed by atoms with Crippen LogP contribution in [0.5, 0.6) is 5.75 Å². The Labute approximate surface area is 107 Å². The Hall–Kier alpha value is -1.11. The van der Waals surface area contributed by atoms with Crippen LogP contribution in [-0.4, -0.2) is 23.3 Å². The van der Waals surface area contributed by atoms with Crippen LogP contribution in [0, 0.1) is 0 Å². The Morgan fingerprint density at radius 2 is 2.41 bits per heavy atom. The van der Waals surface area contributed by atoms with Crippen LogP contribution in [0.1, 0.15) is 12.0 Å². The topological polar surface area (TPSA) is 81.8 Å². The normalized spacial score (nSPS) is 20.2. The van der Waals surface area contributed by atoms with Crippen molar-refractivity contribution in [1.29, 1.82) is 0 Å². The number of benzene rings is 1. The maximum absolute atomic E-state index is 10.9. The zero-order valence-corrected chi connectivity index (χ0v) is 10.5. The minimum Gasteiger partial charge on any atom is -0.487 e. The molecule has 2 rings (SSSR count). The number of fused-ring (bicyclic) bond motifs is 1. The number of halogens is 1. The molecule has 2 atom stereocenters. The van der Waals surface area contributed by atoms with Crippen molar-refractivity contribution in [1.82, 2.24) is 0 Å². The van der Waals surface area contributed by atoms with E-state index in [1.165, 1.54) is 0 Å². The fourth-order valence-corrected chi connectivity index (χ4v) is 2.30. The predicted molar refractivity (Wildman–Crippen MR) is 63.6 cm³/mol. The van der Waals surface area contributed by atoms with Crippen molar-refractivity contribution < 1.29 is 19.5 Å². The minimum absolute atomic E-state index is 0.550. The second kappa shape index (κ2) is 5.03. The highest BCUT2D eigenvalue weighted by molar-refractivity contribution is 9.10. The predicted octanol–water partition coefficient (Wildman–Crippen LogP) is 1.49. The average Bonchev–Trinajstić information content (AvgIpc) is 2.29. The molecule has 1 heterocycles. The molecule has 92 valence electrons. The van der Waals surface area contributed by atoms with Crippen LogP contribution in [-0.2, 0) is 16.1 Å². The summed E-state index contributed by atoms with van der Waals surface area (Å²) in [6.45, 7) is 0. The number of carboxylic acids is 1. The fourth-order valence-electron chi connectivity index (χ4n) is 1.90. The van der Waals surface area contributed by atoms with Gasteiger partial charge in [0, 0.05) is 4.47 Å². The lowest BCUT2D eigenvalue weighted by molar-refractivity contribution is -0.158. The van der Waals surface area contributed by atoms with E-state index in [-0.39, 0.29) is 0 Å². The van der Waals surface area contributed by atoms with Crippen LogP contribution in [0.2, 0.25) is 0 Å². The molecular formula is C11H12BrNO4. The van der Waals surface area contributed by atoms with Gasteiger partial charge in [-0.05, 0) is 36.6 Å². The monoisotopic (exact) mass is 301 g/mol. The minimum atomic E-state index is -1.13. The smallest absolute Gasteiger partial charge is 0.338 e. The van der Waals surface area contributed by atoms with Crippen LogP contribution in [0.4, 0.5) is 0 Å². The van der Waals surface area contributed by atoms with Gasteiger partial charge in [-0.1, -0.05) is 15.9 Å². The first-order valence-corrected chi connectivity index (χ1v) is 5.94. The van der Waals surface area contributed by atoms with Gasteiger partial charge in [0.25, 0.3) is 0 Å². The van der Waals surface area contributed by atoms with Gasteiger partial charge in [-0.3, -0.25) is 4.84 Å². The number of rotatable bonds is 3. The summed E-state index contributed by atoms with van der Waals surface area (Å²) in [5.74, 6) is 4.56. The van der Waals surface area contributed by atoms with Crippen molar-refractivity contribution in [3.8, 4) is 5.75 Å². The van der Waals surface area contributed by atoms with E-state index in [9.17, 15) is 4.79 Å². The number of ether oxygens (including phenoxy) is 1. The molecular weight excluding hydrogens is 290 g/mol. The molecule has 0 radical (unpaired) electrons. The van der Waals surface area contributed by atoms with Crippen molar-refractivity contribution >= 4 is 21.9 Å². The molecule has 0 amide bonds. The average molecular weight is 302 g/mol. The summed E-state index contributed by atoms with van der Waals surface area (Å²) >= 11 is 3.38. The van der Waals surface area contributed by atoms with Gasteiger partial charge < -0.3 is 9.84 Å². The van der Waals surface area contributed by atoms with E-state index in [0.29, 0.717) is 12.2 Å². The van der Waals surface area contributed by atoms with Crippen LogP contribution in [0.25, 0.3) is 0 Å². The molecule has 1 aromatic rings. The van der Waals surface area contributed by atoms with Gasteiger partial charge >= 0.3 is 5.97 Å². The van der Waals surface area contributed by atoms with Gasteiger partial charge in [0.05, 0.1) is 0 Å². The van der Waals surface area contributed by atoms with Crippen LogP contribution in [0.15, 0.2) is 22.7 Å². The van der Waals surface area contributed by atoms with E-state index in [2.05, 4.69) is 20.8 Å². The summed E-state index contributed by atoms with van der Waals surface area (Å²) in [5, 5.41) is 8.93. The Balaban J connectivity index is 2.18. The number of hydrogen-bond donors (Lipinski definition) is 2. The molecule has 0 spiro atoms. The highest BCUT2D eigenvalue weighted by Gasteiger charge is 2.33. The summed E-state index contributed by atoms with van der Waals surface area (Å²) in [6.07, 6.45) is -0.373. The fraction of sp³-hybridized carbons (Fsp3) is 0.364. The second-order valence-corrected chi connectivity index (χ2v) is 4.76. The summed E-state index contributed by atoms with van der Waals surface area (Å²) in [4.78, 5) is 15.4. The highest BCUT2D eigenvalue weighted by Crippen LogP contribution is 2.31. The zero-order chi connectivity index (χ0) is 12.4. The first kappa shape index (κ1) is 12.3. The molecule has 2 unspecified atom stereocenters. The van der Waals surface area contributed by atoms with Gasteiger partial charge in [0.2, 0.25) is 6.10 Å². The molecule has 0 saturated carbocycles. The van der Waals surface area contributed by atoms with Crippen molar-refractivity contribution in [3.05, 3.63) is 28.2 Å². The highest BCUT2D eigenvalue weighted by atomic mass is 79.9. The number of aliphatic carboxylic acids is 1. The summed E-state index contributed by atoms with van der Waals surface area (Å²) < 4.78 is 6.57. The molecule has 1 aliphatic heterocycles. The molecule has 1 aromatic carbocycles. The van der Waals surface area contributed by atoms with E-state index >= 15 is 0 Å². The van der Waals surface area contributed by atoms with E-state index in [1.807, 2.05) is 12.1 Å². The van der Waals surface area contributed by atoms with Crippen LogP contribution < -0.4 is 10.6 Å². The number of carboxylic acid groups (broad SMARTS) is 1. The van der Waals surface area contributed by atoms with E-state index < -0.39 is 18.2 Å². The van der Waals surface area contributed by atoms with Gasteiger partial charge in [-0.2, -0.15) is 0 Å². The zero-order valence-electron chi connectivity index (χ0n) is 8.93. The number of hydrogen-bond acceptors (Lipinski definition) is 4. The largest absolute Gasteiger partial charge is 0.487 e. The number of carbonyl (C=O) groups is 1. The van der Waals surface area contributed by atoms with Crippen molar-refractivity contribution in [2.45, 2.75) is 25.0 Å². The lowest BCUT2D eigenvalue weighted by Crippen LogP contribution is -2.43. The Morgan fingerprint density at radius 3 is 3.06 bits per heavy atom. The maximum Gasteiger partial charge on any atom is 0.338 e. The first-order chi connectivity index (χ1) is 8.11. The molecule has 5 nitrogen and oxygen atoms in total. The number of nitrogens with two attached hydrogens (primary N) is 1. The van der Waals surface area contributed by atoms with Crippen molar-refractivity contribution in [2.24, 2.45) is 5.90 Å². The van der Waals surface area contributed by atoms with Crippen molar-refractivity contribution in [2.75, 3.05) is 0 Å². The quantitative estimate of drug-likeness (QED) is 0.827. The SMILES string of the molecule is NOC(C(=O)O)C1CCc2cc(Br)ccc2O1. The third kappa shape index (κ3) is 2.59. The maximum atomic E-state index is 10.9. The Morgan fingerprint density at radius 1 is 1.65 bits per heavy atom. The van der Waals surface area contributed by atoms with E-state index in [1.54, 1.807) is 6.07 Å². The standard InChI is InChI=1S/C11H12BrNO4/c12-7-2-4-8-6(5-7)1-3-9(16-8)10(17-13)11(14)15/h2,4-5,9-10H,1,3,13H2,(H,14,15). The van der Waals surface area contributed by atoms with Crippen LogP contribution in [0.3, 0.4) is 0 Å². The third-order valence-corrected chi connectivity index (χ3v) is 3.22. The van der Waals surface area contributed by atoms with Gasteiger partial charge in [0.15, 0.2) is 0 Å². The first-order valence-electron chi connectivity index (χ1n) is 5.15. The molecule has 1 aliphatic rings. The lowest BCUT2D eigenvalue weighted by atomic mass is 9.99. The van der Waals surface area contributed by atoms with Crippen LogP contribution >= 0.6 is 15.9 Å². The van der Waals surface area contributed by atoms with E-state index in [4.69, 9.17) is 15.7 Å². The summed E-state index contributed by atoms with van der Waals surface area (Å²) in [6, 6.07) is 5.62. The molecule has 6 heteroatoms.